The molecular formula is C23H30F3N5O2S. The quantitative estimate of drug-likeness (QED) is 0.290. The van der Waals surface area contributed by atoms with Crippen LogP contribution in [0.1, 0.15) is 31.2 Å². The average Bonchev–Trinajstić information content (AvgIpc) is 3.34. The summed E-state index contributed by atoms with van der Waals surface area (Å²) in [5.74, 6) is -1.33. The third-order valence-electron chi connectivity index (χ3n) is 5.51. The molecule has 1 saturated heterocycles. The summed E-state index contributed by atoms with van der Waals surface area (Å²) in [6.45, 7) is 3.92. The Balaban J connectivity index is 1.85. The van der Waals surface area contributed by atoms with E-state index >= 15 is 0 Å². The van der Waals surface area contributed by atoms with Gasteiger partial charge in [-0.25, -0.2) is 9.98 Å². The number of aromatic nitrogens is 1. The van der Waals surface area contributed by atoms with Gasteiger partial charge in [-0.2, -0.15) is 18.7 Å². The van der Waals surface area contributed by atoms with E-state index in [1.54, 1.807) is 17.6 Å². The lowest BCUT2D eigenvalue weighted by molar-refractivity contribution is -0.0844. The molecule has 3 rings (SSSR count). The van der Waals surface area contributed by atoms with Crippen molar-refractivity contribution in [1.82, 2.24) is 15.8 Å². The summed E-state index contributed by atoms with van der Waals surface area (Å²) in [7, 11) is 1.26. The van der Waals surface area contributed by atoms with Gasteiger partial charge in [0.05, 0.1) is 5.69 Å². The van der Waals surface area contributed by atoms with Crippen LogP contribution in [0.4, 0.5) is 13.2 Å². The molecule has 2 aromatic rings. The number of nitrogens with zero attached hydrogens (tertiary/aromatic N) is 3. The van der Waals surface area contributed by atoms with Crippen molar-refractivity contribution in [3.8, 4) is 11.3 Å². The molecule has 1 fully saturated rings. The van der Waals surface area contributed by atoms with E-state index in [-0.39, 0.29) is 11.8 Å². The van der Waals surface area contributed by atoms with Crippen molar-refractivity contribution in [3.63, 3.8) is 0 Å². The van der Waals surface area contributed by atoms with Crippen LogP contribution in [0.3, 0.4) is 0 Å². The highest BCUT2D eigenvalue weighted by Crippen LogP contribution is 2.38. The Morgan fingerprint density at radius 2 is 2.03 bits per heavy atom. The number of thiazole rings is 1. The van der Waals surface area contributed by atoms with Gasteiger partial charge >= 0.3 is 12.1 Å². The van der Waals surface area contributed by atoms with Crippen molar-refractivity contribution < 1.29 is 22.7 Å². The lowest BCUT2D eigenvalue weighted by Crippen LogP contribution is -2.46. The second kappa shape index (κ2) is 12.4. The zero-order chi connectivity index (χ0) is 24.4. The maximum absolute atomic E-state index is 13.4. The second-order valence-corrected chi connectivity index (χ2v) is 8.71. The van der Waals surface area contributed by atoms with Crippen molar-refractivity contribution in [2.75, 3.05) is 33.4 Å². The molecule has 34 heavy (non-hydrogen) atoms. The molecule has 2 heterocycles. The smallest absolute Gasteiger partial charge is 0.384 e. The van der Waals surface area contributed by atoms with Crippen LogP contribution in [0.25, 0.3) is 11.3 Å². The van der Waals surface area contributed by atoms with E-state index in [4.69, 9.17) is 9.72 Å². The highest BCUT2D eigenvalue weighted by Gasteiger charge is 2.41. The van der Waals surface area contributed by atoms with Gasteiger partial charge in [-0.15, -0.1) is 11.3 Å². The molecule has 0 saturated carbocycles. The van der Waals surface area contributed by atoms with Crippen LogP contribution < -0.4 is 10.8 Å². The van der Waals surface area contributed by atoms with Gasteiger partial charge in [-0.05, 0) is 19.8 Å². The molecule has 0 radical (unpaired) electrons. The van der Waals surface area contributed by atoms with Crippen molar-refractivity contribution in [1.29, 1.82) is 0 Å². The Kier molecular flexibility index (Phi) is 9.57. The van der Waals surface area contributed by atoms with Crippen LogP contribution in [-0.4, -0.2) is 62.8 Å². The minimum absolute atomic E-state index is 0.195. The Morgan fingerprint density at radius 3 is 2.68 bits per heavy atom. The third kappa shape index (κ3) is 7.08. The normalized spacial score (nSPS) is 17.7. The number of halogens is 3. The zero-order valence-electron chi connectivity index (χ0n) is 19.3. The summed E-state index contributed by atoms with van der Waals surface area (Å²) in [4.78, 5) is 17.4. The van der Waals surface area contributed by atoms with Crippen molar-refractivity contribution in [2.45, 2.75) is 43.9 Å². The summed E-state index contributed by atoms with van der Waals surface area (Å²) in [5, 5.41) is 6.18. The van der Waals surface area contributed by atoms with Crippen molar-refractivity contribution in [3.05, 3.63) is 40.7 Å². The second-order valence-electron chi connectivity index (χ2n) is 7.85. The zero-order valence-corrected chi connectivity index (χ0v) is 20.1. The molecule has 1 atom stereocenters. The first kappa shape index (κ1) is 26.3. The first-order valence-corrected chi connectivity index (χ1v) is 12.1. The minimum atomic E-state index is -4.72. The number of nitrogens with one attached hydrogen (secondary N) is 2. The lowest BCUT2D eigenvalue weighted by atomic mass is 9.80. The van der Waals surface area contributed by atoms with E-state index in [9.17, 15) is 13.2 Å². The third-order valence-corrected chi connectivity index (χ3v) is 6.60. The van der Waals surface area contributed by atoms with Crippen LogP contribution in [0.2, 0.25) is 0 Å². The van der Waals surface area contributed by atoms with Gasteiger partial charge in [0.25, 0.3) is 0 Å². The maximum Gasteiger partial charge on any atom is 0.470 e. The number of rotatable bonds is 10. The Labute approximate surface area is 201 Å². The molecule has 1 unspecified atom stereocenters. The minimum Gasteiger partial charge on any atom is -0.384 e. The Morgan fingerprint density at radius 1 is 1.29 bits per heavy atom. The SMILES string of the molecule is CCN=CCC(/N=C(\ONC)C(F)(F)F)NCC1(c2nc(-c3ccccc3)cs2)CCOCC1. The largest absolute Gasteiger partial charge is 0.470 e. The molecule has 1 aliphatic rings. The lowest BCUT2D eigenvalue weighted by Gasteiger charge is -2.36. The summed E-state index contributed by atoms with van der Waals surface area (Å²) in [6.07, 6.45) is -2.39. The standard InChI is InChI=1S/C23H30F3N5O2S/c1-3-28-12-9-19(31-20(33-27-2)23(24,25)26)29-16-22(10-13-32-14-11-22)21-30-18(15-34-21)17-7-5-4-6-8-17/h4-8,12,15,19,27,29H,3,9-11,13-14,16H2,1-2H3/b28-12?,31-20-. The fourth-order valence-corrected chi connectivity index (χ4v) is 4.77. The fourth-order valence-electron chi connectivity index (χ4n) is 3.68. The highest BCUT2D eigenvalue weighted by molar-refractivity contribution is 7.10. The molecule has 0 amide bonds. The molecule has 7 nitrogen and oxygen atoms in total. The van der Waals surface area contributed by atoms with E-state index < -0.39 is 18.2 Å². The Hall–Kier alpha value is -2.34. The first-order valence-electron chi connectivity index (χ1n) is 11.2. The van der Waals surface area contributed by atoms with E-state index in [1.165, 1.54) is 7.05 Å². The summed E-state index contributed by atoms with van der Waals surface area (Å²) in [5.41, 5.74) is 3.61. The average molecular weight is 498 g/mol. The summed E-state index contributed by atoms with van der Waals surface area (Å²) < 4.78 is 45.7. The predicted octanol–water partition coefficient (Wildman–Crippen LogP) is 4.37. The molecule has 1 aromatic carbocycles. The van der Waals surface area contributed by atoms with Crippen LogP contribution in [0.5, 0.6) is 0 Å². The maximum atomic E-state index is 13.4. The van der Waals surface area contributed by atoms with E-state index in [0.29, 0.717) is 39.1 Å². The fraction of sp³-hybridized carbons (Fsp3) is 0.522. The van der Waals surface area contributed by atoms with Crippen LogP contribution in [0.15, 0.2) is 45.7 Å². The highest BCUT2D eigenvalue weighted by atomic mass is 32.1. The molecule has 1 aliphatic heterocycles. The monoisotopic (exact) mass is 497 g/mol. The number of hydrogen-bond acceptors (Lipinski definition) is 8. The Bertz CT molecular complexity index is 944. The predicted molar refractivity (Wildman–Crippen MR) is 128 cm³/mol. The number of aliphatic imine (C=N–C) groups is 2. The molecule has 11 heteroatoms. The van der Waals surface area contributed by atoms with Gasteiger partial charge < -0.3 is 9.57 Å². The van der Waals surface area contributed by atoms with Gasteiger partial charge in [-0.3, -0.25) is 10.3 Å². The molecule has 0 spiro atoms. The number of hydrogen-bond donors (Lipinski definition) is 2. The van der Waals surface area contributed by atoms with E-state index in [1.807, 2.05) is 42.6 Å². The van der Waals surface area contributed by atoms with Gasteiger partial charge in [0.2, 0.25) is 0 Å². The van der Waals surface area contributed by atoms with Crippen LogP contribution in [0, 0.1) is 0 Å². The van der Waals surface area contributed by atoms with Gasteiger partial charge in [-0.1, -0.05) is 30.3 Å². The first-order chi connectivity index (χ1) is 16.4. The van der Waals surface area contributed by atoms with Crippen LogP contribution >= 0.6 is 11.3 Å². The van der Waals surface area contributed by atoms with Crippen molar-refractivity contribution >= 4 is 23.4 Å². The molecule has 0 bridgehead atoms. The van der Waals surface area contributed by atoms with Gasteiger partial charge in [0.15, 0.2) is 0 Å². The number of hydroxylamine groups is 1. The topological polar surface area (TPSA) is 80.1 Å². The summed E-state index contributed by atoms with van der Waals surface area (Å²) >= 11 is 1.57. The van der Waals surface area contributed by atoms with E-state index in [2.05, 4.69) is 25.6 Å². The van der Waals surface area contributed by atoms with Gasteiger partial charge in [0.1, 0.15) is 11.2 Å². The molecule has 186 valence electrons. The van der Waals surface area contributed by atoms with Crippen LogP contribution in [-0.2, 0) is 15.0 Å². The molecule has 2 N–H and O–H groups in total. The molecule has 0 aliphatic carbocycles. The number of benzene rings is 1. The molecular weight excluding hydrogens is 467 g/mol. The number of ether oxygens (including phenoxy) is 1. The summed E-state index contributed by atoms with van der Waals surface area (Å²) in [6, 6.07) is 9.90. The van der Waals surface area contributed by atoms with E-state index in [0.717, 1.165) is 16.3 Å². The number of alkyl halides is 3. The van der Waals surface area contributed by atoms with Gasteiger partial charge in [0, 0.05) is 62.3 Å². The van der Waals surface area contributed by atoms with Crippen molar-refractivity contribution in [2.24, 2.45) is 9.98 Å². The molecule has 1 aromatic heterocycles.